The maximum Gasteiger partial charge on any atom is 0.252 e. The van der Waals surface area contributed by atoms with E-state index in [0.29, 0.717) is 29.7 Å². The molecule has 1 unspecified atom stereocenters. The third-order valence-corrected chi connectivity index (χ3v) is 3.12. The lowest BCUT2D eigenvalue weighted by Crippen LogP contribution is -2.42. The molecule has 1 aliphatic rings. The molecule has 0 saturated carbocycles. The lowest BCUT2D eigenvalue weighted by atomic mass is 10.1. The number of carbonyl (C=O) groups excluding carboxylic acids is 2. The minimum absolute atomic E-state index is 0.285. The molecule has 1 atom stereocenters. The fourth-order valence-corrected chi connectivity index (χ4v) is 1.98. The molecular weight excluding hydrogens is 284 g/mol. The highest BCUT2D eigenvalue weighted by atomic mass is 35.5. The molecule has 0 aromatic heterocycles. The molecule has 7 heteroatoms. The third-order valence-electron chi connectivity index (χ3n) is 2.84. The lowest BCUT2D eigenvalue weighted by molar-refractivity contribution is -0.119. The number of nitrogens with one attached hydrogen (secondary N) is 1. The molecule has 2 amide bonds. The quantitative estimate of drug-likeness (QED) is 0.874. The summed E-state index contributed by atoms with van der Waals surface area (Å²) in [6.07, 6.45) is 0.741. The molecule has 2 rings (SSSR count). The fraction of sp³-hybridized carbons (Fsp3) is 0.385. The van der Waals surface area contributed by atoms with Gasteiger partial charge < -0.3 is 20.5 Å². The molecule has 0 aliphatic carbocycles. The number of benzene rings is 1. The molecule has 1 aliphatic heterocycles. The van der Waals surface area contributed by atoms with Crippen molar-refractivity contribution in [3.8, 4) is 11.5 Å². The van der Waals surface area contributed by atoms with Gasteiger partial charge in [0.2, 0.25) is 5.91 Å². The standard InChI is InChI=1S/C13H15ClN2O4/c1-7(12(15)17)16-13(18)8-5-9(14)11-10(6-8)19-3-2-4-20-11/h5-7H,2-4H2,1H3,(H2,15,17)(H,16,18). The first-order valence-electron chi connectivity index (χ1n) is 6.18. The summed E-state index contributed by atoms with van der Waals surface area (Å²) in [5.41, 5.74) is 5.38. The Labute approximate surface area is 121 Å². The van der Waals surface area contributed by atoms with Crippen molar-refractivity contribution in [3.63, 3.8) is 0 Å². The number of nitrogens with two attached hydrogens (primary N) is 1. The molecule has 1 aromatic rings. The minimum Gasteiger partial charge on any atom is -0.489 e. The van der Waals surface area contributed by atoms with Crippen molar-refractivity contribution in [2.75, 3.05) is 13.2 Å². The van der Waals surface area contributed by atoms with Gasteiger partial charge in [0, 0.05) is 12.0 Å². The summed E-state index contributed by atoms with van der Waals surface area (Å²) in [4.78, 5) is 23.0. The molecule has 6 nitrogen and oxygen atoms in total. The SMILES string of the molecule is CC(NC(=O)c1cc(Cl)c2c(c1)OCCCO2)C(N)=O. The Bertz CT molecular complexity index is 547. The smallest absolute Gasteiger partial charge is 0.252 e. The average molecular weight is 299 g/mol. The third kappa shape index (κ3) is 3.14. The number of halogens is 1. The first kappa shape index (κ1) is 14.5. The van der Waals surface area contributed by atoms with E-state index in [2.05, 4.69) is 5.32 Å². The van der Waals surface area contributed by atoms with Crippen LogP contribution in [0.1, 0.15) is 23.7 Å². The Morgan fingerprint density at radius 1 is 1.35 bits per heavy atom. The van der Waals surface area contributed by atoms with E-state index < -0.39 is 17.9 Å². The maximum absolute atomic E-state index is 12.0. The van der Waals surface area contributed by atoms with Crippen LogP contribution in [0.3, 0.4) is 0 Å². The Morgan fingerprint density at radius 2 is 2.05 bits per heavy atom. The molecule has 20 heavy (non-hydrogen) atoms. The van der Waals surface area contributed by atoms with Crippen molar-refractivity contribution >= 4 is 23.4 Å². The van der Waals surface area contributed by atoms with Gasteiger partial charge in [-0.2, -0.15) is 0 Å². The summed E-state index contributed by atoms with van der Waals surface area (Å²) in [5, 5.41) is 2.77. The maximum atomic E-state index is 12.0. The van der Waals surface area contributed by atoms with Crippen molar-refractivity contribution in [1.82, 2.24) is 5.32 Å². The number of primary amides is 1. The van der Waals surface area contributed by atoms with Gasteiger partial charge in [-0.15, -0.1) is 0 Å². The number of hydrogen-bond acceptors (Lipinski definition) is 4. The van der Waals surface area contributed by atoms with E-state index in [1.165, 1.54) is 19.1 Å². The van der Waals surface area contributed by atoms with Crippen molar-refractivity contribution < 1.29 is 19.1 Å². The Balaban J connectivity index is 2.25. The van der Waals surface area contributed by atoms with Gasteiger partial charge in [0.25, 0.3) is 5.91 Å². The monoisotopic (exact) mass is 298 g/mol. The summed E-state index contributed by atoms with van der Waals surface area (Å²) < 4.78 is 11.0. The molecule has 0 fully saturated rings. The van der Waals surface area contributed by atoms with Crippen molar-refractivity contribution in [2.45, 2.75) is 19.4 Å². The number of amides is 2. The number of carbonyl (C=O) groups is 2. The van der Waals surface area contributed by atoms with Gasteiger partial charge in [-0.3, -0.25) is 9.59 Å². The van der Waals surface area contributed by atoms with E-state index in [4.69, 9.17) is 26.8 Å². The number of fused-ring (bicyclic) bond motifs is 1. The van der Waals surface area contributed by atoms with Gasteiger partial charge in [-0.05, 0) is 19.1 Å². The highest BCUT2D eigenvalue weighted by Crippen LogP contribution is 2.37. The van der Waals surface area contributed by atoms with Crippen LogP contribution in [0.4, 0.5) is 0 Å². The summed E-state index contributed by atoms with van der Waals surface area (Å²) >= 11 is 6.09. The van der Waals surface area contributed by atoms with Crippen LogP contribution in [-0.4, -0.2) is 31.1 Å². The normalized spacial score (nSPS) is 15.1. The summed E-state index contributed by atoms with van der Waals surface area (Å²) in [5.74, 6) is -0.205. The first-order valence-corrected chi connectivity index (χ1v) is 6.56. The van der Waals surface area contributed by atoms with Gasteiger partial charge in [-0.25, -0.2) is 0 Å². The summed E-state index contributed by atoms with van der Waals surface area (Å²) in [7, 11) is 0. The van der Waals surface area contributed by atoms with Crippen LogP contribution in [-0.2, 0) is 4.79 Å². The molecular formula is C13H15ClN2O4. The second-order valence-corrected chi connectivity index (χ2v) is 4.84. The molecule has 1 heterocycles. The molecule has 3 N–H and O–H groups in total. The van der Waals surface area contributed by atoms with Crippen LogP contribution in [0.25, 0.3) is 0 Å². The largest absolute Gasteiger partial charge is 0.489 e. The predicted molar refractivity (Wildman–Crippen MR) is 73.2 cm³/mol. The van der Waals surface area contributed by atoms with Crippen LogP contribution in [0.5, 0.6) is 11.5 Å². The van der Waals surface area contributed by atoms with Crippen LogP contribution in [0, 0.1) is 0 Å². The van der Waals surface area contributed by atoms with Crippen LogP contribution in [0.15, 0.2) is 12.1 Å². The fourth-order valence-electron chi connectivity index (χ4n) is 1.71. The van der Waals surface area contributed by atoms with Crippen LogP contribution in [0.2, 0.25) is 5.02 Å². The van der Waals surface area contributed by atoms with E-state index >= 15 is 0 Å². The summed E-state index contributed by atoms with van der Waals surface area (Å²) in [6, 6.07) is 2.24. The first-order chi connectivity index (χ1) is 9.49. The van der Waals surface area contributed by atoms with Crippen LogP contribution < -0.4 is 20.5 Å². The summed E-state index contributed by atoms with van der Waals surface area (Å²) in [6.45, 7) is 2.51. The van der Waals surface area contributed by atoms with Crippen molar-refractivity contribution in [3.05, 3.63) is 22.7 Å². The van der Waals surface area contributed by atoms with E-state index in [0.717, 1.165) is 6.42 Å². The van der Waals surface area contributed by atoms with Crippen LogP contribution >= 0.6 is 11.6 Å². The predicted octanol–water partition coefficient (Wildman–Crippen LogP) is 1.10. The Kier molecular flexibility index (Phi) is 4.34. The highest BCUT2D eigenvalue weighted by molar-refractivity contribution is 6.32. The second kappa shape index (κ2) is 6.00. The molecule has 0 bridgehead atoms. The topological polar surface area (TPSA) is 90.7 Å². The second-order valence-electron chi connectivity index (χ2n) is 4.43. The van der Waals surface area contributed by atoms with Crippen molar-refractivity contribution in [2.24, 2.45) is 5.73 Å². The zero-order valence-corrected chi connectivity index (χ0v) is 11.7. The van der Waals surface area contributed by atoms with Gasteiger partial charge in [-0.1, -0.05) is 11.6 Å². The van der Waals surface area contributed by atoms with E-state index in [9.17, 15) is 9.59 Å². The Morgan fingerprint density at radius 3 is 2.75 bits per heavy atom. The Hall–Kier alpha value is -1.95. The number of hydrogen-bond donors (Lipinski definition) is 2. The minimum atomic E-state index is -0.766. The zero-order valence-electron chi connectivity index (χ0n) is 10.9. The molecule has 0 radical (unpaired) electrons. The van der Waals surface area contributed by atoms with Gasteiger partial charge in [0.05, 0.1) is 18.2 Å². The molecule has 0 saturated heterocycles. The number of rotatable bonds is 3. The molecule has 108 valence electrons. The van der Waals surface area contributed by atoms with E-state index in [1.54, 1.807) is 0 Å². The zero-order chi connectivity index (χ0) is 14.7. The van der Waals surface area contributed by atoms with Crippen molar-refractivity contribution in [1.29, 1.82) is 0 Å². The van der Waals surface area contributed by atoms with Gasteiger partial charge >= 0.3 is 0 Å². The average Bonchev–Trinajstić information content (AvgIpc) is 2.63. The highest BCUT2D eigenvalue weighted by Gasteiger charge is 2.20. The van der Waals surface area contributed by atoms with Gasteiger partial charge in [0.15, 0.2) is 11.5 Å². The van der Waals surface area contributed by atoms with E-state index in [-0.39, 0.29) is 5.56 Å². The van der Waals surface area contributed by atoms with Gasteiger partial charge in [0.1, 0.15) is 6.04 Å². The lowest BCUT2D eigenvalue weighted by Gasteiger charge is -2.13. The number of ether oxygens (including phenoxy) is 2. The molecule has 1 aromatic carbocycles. The van der Waals surface area contributed by atoms with E-state index in [1.807, 2.05) is 0 Å². The molecule has 0 spiro atoms.